The highest BCUT2D eigenvalue weighted by molar-refractivity contribution is 7.14. The van der Waals surface area contributed by atoms with Crippen LogP contribution < -0.4 is 15.9 Å². The zero-order chi connectivity index (χ0) is 27.3. The van der Waals surface area contributed by atoms with Crippen LogP contribution in [-0.4, -0.2) is 39.4 Å². The highest BCUT2D eigenvalue weighted by atomic mass is 32.1. The van der Waals surface area contributed by atoms with Crippen LogP contribution in [0.5, 0.6) is 5.75 Å². The van der Waals surface area contributed by atoms with Crippen molar-refractivity contribution in [2.45, 2.75) is 77.4 Å². The topological polar surface area (TPSA) is 95.6 Å². The van der Waals surface area contributed by atoms with E-state index in [1.54, 1.807) is 10.6 Å². The average molecular weight is 566 g/mol. The molecule has 2 atom stereocenters. The van der Waals surface area contributed by atoms with Gasteiger partial charge in [-0.2, -0.15) is 0 Å². The third-order valence-corrected chi connectivity index (χ3v) is 10.8. The van der Waals surface area contributed by atoms with Gasteiger partial charge in [0, 0.05) is 26.8 Å². The Morgan fingerprint density at radius 3 is 2.79 bits per heavy atom. The van der Waals surface area contributed by atoms with Crippen molar-refractivity contribution in [2.75, 3.05) is 6.61 Å². The summed E-state index contributed by atoms with van der Waals surface area (Å²) in [6, 6.07) is 10.2. The van der Waals surface area contributed by atoms with E-state index in [-0.39, 0.29) is 36.3 Å². The second kappa shape index (κ2) is 10.3. The zero-order valence-electron chi connectivity index (χ0n) is 22.7. The minimum absolute atomic E-state index is 0.0124. The fourth-order valence-corrected chi connectivity index (χ4v) is 7.56. The van der Waals surface area contributed by atoms with Gasteiger partial charge in [-0.3, -0.25) is 18.1 Å². The lowest BCUT2D eigenvalue weighted by molar-refractivity contribution is 0.0878. The van der Waals surface area contributed by atoms with Gasteiger partial charge in [0.05, 0.1) is 28.3 Å². The van der Waals surface area contributed by atoms with Crippen LogP contribution >= 0.6 is 11.5 Å². The quantitative estimate of drug-likeness (QED) is 0.255. The molecule has 1 saturated carbocycles. The number of aromatic nitrogens is 3. The predicted molar refractivity (Wildman–Crippen MR) is 157 cm³/mol. The zero-order valence-corrected chi connectivity index (χ0v) is 24.6. The summed E-state index contributed by atoms with van der Waals surface area (Å²) in [6.07, 6.45) is 3.81. The molecule has 4 aromatic rings. The van der Waals surface area contributed by atoms with E-state index in [9.17, 15) is 14.7 Å². The normalized spacial score (nSPS) is 19.2. The van der Waals surface area contributed by atoms with Crippen molar-refractivity contribution < 1.29 is 14.6 Å². The summed E-state index contributed by atoms with van der Waals surface area (Å²) in [7, 11) is -1.31. The Morgan fingerprint density at radius 2 is 2.00 bits per heavy atom. The molecule has 0 spiro atoms. The summed E-state index contributed by atoms with van der Waals surface area (Å²) in [5.74, 6) is 1.05. The van der Waals surface area contributed by atoms with Gasteiger partial charge in [0.1, 0.15) is 23.7 Å². The Balaban J connectivity index is 1.59. The van der Waals surface area contributed by atoms with Crippen molar-refractivity contribution >= 4 is 40.7 Å². The molecule has 39 heavy (non-hydrogen) atoms. The molecule has 0 amide bonds. The maximum atomic E-state index is 14.1. The van der Waals surface area contributed by atoms with Gasteiger partial charge in [-0.25, -0.2) is 4.98 Å². The summed E-state index contributed by atoms with van der Waals surface area (Å²) < 4.78 is 16.8. The van der Waals surface area contributed by atoms with Crippen LogP contribution in [0.2, 0.25) is 25.7 Å². The van der Waals surface area contributed by atoms with Crippen molar-refractivity contribution in [3.05, 3.63) is 56.6 Å². The van der Waals surface area contributed by atoms with E-state index in [2.05, 4.69) is 19.6 Å². The molecule has 2 aromatic heterocycles. The lowest BCUT2D eigenvalue weighted by atomic mass is 10.0. The van der Waals surface area contributed by atoms with Gasteiger partial charge in [0.15, 0.2) is 0 Å². The molecular formula is C29H35N3O5SSi. The number of rotatable bonds is 6. The monoisotopic (exact) mass is 565 g/mol. The molecule has 0 saturated heterocycles. The molecule has 6 rings (SSSR count). The highest BCUT2D eigenvalue weighted by Gasteiger charge is 2.29. The fourth-order valence-electron chi connectivity index (χ4n) is 5.68. The van der Waals surface area contributed by atoms with Gasteiger partial charge >= 0.3 is 0 Å². The molecule has 1 N–H and O–H groups in total. The molecule has 0 radical (unpaired) electrons. The van der Waals surface area contributed by atoms with Crippen LogP contribution in [0, 0.1) is 5.92 Å². The summed E-state index contributed by atoms with van der Waals surface area (Å²) in [5.41, 5.74) is 2.44. The number of hydrogen-bond donors (Lipinski definition) is 1. The number of aliphatic hydroxyl groups is 1. The first-order chi connectivity index (χ1) is 18.7. The van der Waals surface area contributed by atoms with E-state index < -0.39 is 8.07 Å². The van der Waals surface area contributed by atoms with E-state index in [1.807, 2.05) is 28.2 Å². The summed E-state index contributed by atoms with van der Waals surface area (Å²) >= 11 is 1.42. The largest absolute Gasteiger partial charge is 0.488 e. The molecule has 8 nitrogen and oxygen atoms in total. The van der Waals surface area contributed by atoms with E-state index in [0.717, 1.165) is 36.4 Å². The van der Waals surface area contributed by atoms with Gasteiger partial charge in [-0.05, 0) is 61.4 Å². The number of fused-ring (bicyclic) bond motifs is 5. The second-order valence-electron chi connectivity index (χ2n) is 12.0. The second-order valence-corrected chi connectivity index (χ2v) is 18.7. The van der Waals surface area contributed by atoms with Crippen molar-refractivity contribution in [2.24, 2.45) is 5.92 Å². The first kappa shape index (κ1) is 26.4. The number of aryl methyl sites for hydroxylation is 1. The van der Waals surface area contributed by atoms with Gasteiger partial charge in [-0.1, -0.05) is 43.3 Å². The van der Waals surface area contributed by atoms with Gasteiger partial charge in [-0.15, -0.1) is 0 Å². The van der Waals surface area contributed by atoms with Crippen molar-refractivity contribution in [3.8, 4) is 17.0 Å². The molecule has 3 heterocycles. The number of benzene rings is 2. The first-order valence-corrected chi connectivity index (χ1v) is 18.3. The maximum Gasteiger partial charge on any atom is 0.279 e. The average Bonchev–Trinajstić information content (AvgIpc) is 3.48. The van der Waals surface area contributed by atoms with Crippen LogP contribution in [0.4, 0.5) is 0 Å². The standard InChI is InChI=1S/C29H35N3O5SSi/c1-39(2,3)12-11-36-17-31-23-14-19(16-33)15-24-26(23)30-25(29(31)35)21-5-4-6-22-27(21)38-32(28(22)34)10-9-18-7-8-20(13-18)37-24/h4-6,14-15,18,20,33H,7-13,16-17H2,1-3H3/t18-,20-/m0/s1. The Morgan fingerprint density at radius 1 is 1.15 bits per heavy atom. The Kier molecular flexibility index (Phi) is 6.99. The summed E-state index contributed by atoms with van der Waals surface area (Å²) in [5, 5.41) is 10.7. The molecule has 6 bridgehead atoms. The molecule has 10 heteroatoms. The SMILES string of the molecule is C[Si](C)(C)CCOCn1c(=O)c2nc3c(cc(CO)cc31)O[C@H]1CC[C@@H](CCn3sc4c-2cccc4c3=O)C1. The van der Waals surface area contributed by atoms with E-state index in [4.69, 9.17) is 14.5 Å². The van der Waals surface area contributed by atoms with Crippen molar-refractivity contribution in [1.29, 1.82) is 0 Å². The van der Waals surface area contributed by atoms with Gasteiger partial charge < -0.3 is 14.6 Å². The molecule has 2 aromatic carbocycles. The Bertz CT molecular complexity index is 1670. The van der Waals surface area contributed by atoms with E-state index in [0.29, 0.717) is 52.4 Å². The van der Waals surface area contributed by atoms with Crippen LogP contribution in [0.15, 0.2) is 39.9 Å². The number of hydrogen-bond acceptors (Lipinski definition) is 7. The minimum Gasteiger partial charge on any atom is -0.488 e. The third-order valence-electron chi connectivity index (χ3n) is 7.93. The molecule has 1 aliphatic heterocycles. The summed E-state index contributed by atoms with van der Waals surface area (Å²) in [6.45, 7) is 7.99. The lowest BCUT2D eigenvalue weighted by Crippen LogP contribution is -2.27. The highest BCUT2D eigenvalue weighted by Crippen LogP contribution is 2.37. The molecule has 1 fully saturated rings. The number of aliphatic hydroxyl groups excluding tert-OH is 1. The number of ether oxygens (including phenoxy) is 2. The molecule has 0 unspecified atom stereocenters. The van der Waals surface area contributed by atoms with Gasteiger partial charge in [0.2, 0.25) is 0 Å². The molecule has 1 aliphatic carbocycles. The first-order valence-electron chi connectivity index (χ1n) is 13.8. The van der Waals surface area contributed by atoms with Crippen LogP contribution in [0.25, 0.3) is 32.4 Å². The molecular weight excluding hydrogens is 530 g/mol. The van der Waals surface area contributed by atoms with Crippen LogP contribution in [-0.2, 0) is 24.6 Å². The van der Waals surface area contributed by atoms with E-state index in [1.165, 1.54) is 11.5 Å². The minimum atomic E-state index is -1.31. The fraction of sp³-hybridized carbons (Fsp3) is 0.483. The van der Waals surface area contributed by atoms with Crippen molar-refractivity contribution in [3.63, 3.8) is 0 Å². The van der Waals surface area contributed by atoms with E-state index >= 15 is 0 Å². The van der Waals surface area contributed by atoms with Crippen molar-refractivity contribution in [1.82, 2.24) is 13.5 Å². The predicted octanol–water partition coefficient (Wildman–Crippen LogP) is 5.20. The molecule has 206 valence electrons. The smallest absolute Gasteiger partial charge is 0.279 e. The maximum absolute atomic E-state index is 14.1. The Hall–Kier alpha value is -2.79. The van der Waals surface area contributed by atoms with Crippen LogP contribution in [0.3, 0.4) is 0 Å². The lowest BCUT2D eigenvalue weighted by Gasteiger charge is -2.20. The Labute approximate surface area is 232 Å². The van der Waals surface area contributed by atoms with Crippen LogP contribution in [0.1, 0.15) is 31.2 Å². The molecule has 2 aliphatic rings. The third kappa shape index (κ3) is 5.10. The number of nitrogens with zero attached hydrogens (tertiary/aromatic N) is 3. The summed E-state index contributed by atoms with van der Waals surface area (Å²) in [4.78, 5) is 32.3. The van der Waals surface area contributed by atoms with Gasteiger partial charge in [0.25, 0.3) is 11.1 Å².